The summed E-state index contributed by atoms with van der Waals surface area (Å²) in [6.07, 6.45) is 61.7. The maximum absolute atomic E-state index is 13.5. The molecule has 0 spiro atoms. The largest absolute Gasteiger partial charge is 0.394 e. The minimum atomic E-state index is -1.99. The molecule has 3 heterocycles. The average Bonchev–Trinajstić information content (AvgIpc) is 0.781. The summed E-state index contributed by atoms with van der Waals surface area (Å²) < 4.78 is 34.4. The third kappa shape index (κ3) is 43.1. The van der Waals surface area contributed by atoms with E-state index in [9.17, 15) is 61.0 Å². The van der Waals surface area contributed by atoms with E-state index in [0.29, 0.717) is 6.42 Å². The average molecular weight is 1460 g/mol. The number of ether oxygens (including phenoxy) is 6. The van der Waals surface area contributed by atoms with Crippen molar-refractivity contribution in [1.29, 1.82) is 0 Å². The second-order valence-electron chi connectivity index (χ2n) is 28.1. The van der Waals surface area contributed by atoms with Gasteiger partial charge in [0.2, 0.25) is 5.91 Å². The number of nitrogens with one attached hydrogen (secondary N) is 1. The van der Waals surface area contributed by atoms with Gasteiger partial charge in [-0.05, 0) is 89.9 Å². The quantitative estimate of drug-likeness (QED) is 0.0199. The zero-order valence-corrected chi connectivity index (χ0v) is 63.3. The molecule has 0 radical (unpaired) electrons. The van der Waals surface area contributed by atoms with E-state index in [1.807, 2.05) is 6.08 Å². The molecule has 3 aliphatic rings. The van der Waals surface area contributed by atoms with Gasteiger partial charge in [0.05, 0.1) is 38.6 Å². The van der Waals surface area contributed by atoms with E-state index in [4.69, 9.17) is 28.4 Å². The Kier molecular flexibility index (Phi) is 57.3. The number of carbonyl (C=O) groups excluding carboxylic acids is 1. The standard InChI is InChI=1S/C84H143NO18/c1-3-5-7-9-11-13-15-17-19-21-23-25-27-29-31-32-33-34-36-38-40-42-44-46-48-50-52-54-56-58-60-62-72(90)85-67(68(89)61-59-57-55-53-51-49-47-45-43-41-39-37-35-30-28-26-24-22-20-18-16-14-12-10-8-6-4-2)66-98-82-78(96)75(93)80(70(64-87)100-82)103-84-79(97)76(94)81(71(65-88)101-84)102-83-77(95)74(92)73(91)69(63-86)99-83/h5,7,11,13,17,19,23,25,29,31,33-34,38,40,44,46,50,52,59,61,67-71,73-84,86-89,91-97H,3-4,6,8-10,12,14-16,18,20-22,24,26-28,30,32,35-37,39,41-43,45,47-49,51,53-58,60,62-66H2,1-2H3,(H,85,90)/b7-5-,13-11-,19-17-,25-23-,31-29-,34-33-,40-38-,46-44-,52-50-,61-59+. The number of amides is 1. The maximum atomic E-state index is 13.5. The second kappa shape index (κ2) is 63.2. The molecule has 3 fully saturated rings. The van der Waals surface area contributed by atoms with Crippen molar-refractivity contribution in [3.8, 4) is 0 Å². The van der Waals surface area contributed by atoms with Crippen molar-refractivity contribution in [2.45, 2.75) is 375 Å². The number of hydrogen-bond acceptors (Lipinski definition) is 18. The summed E-state index contributed by atoms with van der Waals surface area (Å²) in [5.74, 6) is -0.310. The summed E-state index contributed by atoms with van der Waals surface area (Å²) >= 11 is 0. The Hall–Kier alpha value is -3.81. The molecule has 0 bridgehead atoms. The molecule has 12 N–H and O–H groups in total. The van der Waals surface area contributed by atoms with Crippen molar-refractivity contribution in [1.82, 2.24) is 5.32 Å². The van der Waals surface area contributed by atoms with Crippen LogP contribution in [0.4, 0.5) is 0 Å². The first-order chi connectivity index (χ1) is 50.3. The van der Waals surface area contributed by atoms with Crippen molar-refractivity contribution in [3.05, 3.63) is 122 Å². The van der Waals surface area contributed by atoms with Gasteiger partial charge in [-0.1, -0.05) is 296 Å². The van der Waals surface area contributed by atoms with E-state index in [2.05, 4.69) is 129 Å². The van der Waals surface area contributed by atoms with Crippen LogP contribution in [0.2, 0.25) is 0 Å². The minimum absolute atomic E-state index is 0.195. The van der Waals surface area contributed by atoms with Gasteiger partial charge < -0.3 is 89.9 Å². The van der Waals surface area contributed by atoms with E-state index in [0.717, 1.165) is 103 Å². The zero-order valence-electron chi connectivity index (χ0n) is 63.3. The van der Waals surface area contributed by atoms with Gasteiger partial charge in [0.25, 0.3) is 0 Å². The number of aliphatic hydroxyl groups excluding tert-OH is 11. The molecular formula is C84H143NO18. The van der Waals surface area contributed by atoms with Crippen molar-refractivity contribution in [2.75, 3.05) is 26.4 Å². The number of rotatable bonds is 62. The molecule has 1 amide bonds. The fraction of sp³-hybridized carbons (Fsp3) is 0.750. The highest BCUT2D eigenvalue weighted by Gasteiger charge is 2.54. The number of carbonyl (C=O) groups is 1. The Morgan fingerprint density at radius 2 is 0.670 bits per heavy atom. The molecule has 3 aliphatic heterocycles. The van der Waals surface area contributed by atoms with Crippen LogP contribution in [0.15, 0.2) is 122 Å². The van der Waals surface area contributed by atoms with Crippen LogP contribution in [0.5, 0.6) is 0 Å². The van der Waals surface area contributed by atoms with E-state index >= 15 is 0 Å². The van der Waals surface area contributed by atoms with Gasteiger partial charge in [0, 0.05) is 6.42 Å². The van der Waals surface area contributed by atoms with Crippen molar-refractivity contribution < 1.29 is 89.4 Å². The lowest BCUT2D eigenvalue weighted by molar-refractivity contribution is -0.379. The van der Waals surface area contributed by atoms with Gasteiger partial charge in [-0.15, -0.1) is 0 Å². The van der Waals surface area contributed by atoms with Crippen LogP contribution in [0, 0.1) is 0 Å². The first-order valence-electron chi connectivity index (χ1n) is 40.3. The molecule has 19 nitrogen and oxygen atoms in total. The van der Waals surface area contributed by atoms with Gasteiger partial charge in [-0.2, -0.15) is 0 Å². The maximum Gasteiger partial charge on any atom is 0.220 e. The molecule has 592 valence electrons. The van der Waals surface area contributed by atoms with Crippen LogP contribution in [-0.2, 0) is 33.2 Å². The smallest absolute Gasteiger partial charge is 0.220 e. The Labute approximate surface area is 620 Å². The van der Waals surface area contributed by atoms with Crippen molar-refractivity contribution >= 4 is 5.91 Å². The Bertz CT molecular complexity index is 2330. The molecule has 19 heteroatoms. The first-order valence-corrected chi connectivity index (χ1v) is 40.3. The summed E-state index contributed by atoms with van der Waals surface area (Å²) in [6, 6.07) is -1.00. The van der Waals surface area contributed by atoms with Crippen molar-refractivity contribution in [3.63, 3.8) is 0 Å². The third-order valence-corrected chi connectivity index (χ3v) is 19.3. The predicted molar refractivity (Wildman–Crippen MR) is 410 cm³/mol. The third-order valence-electron chi connectivity index (χ3n) is 19.3. The number of hydrogen-bond donors (Lipinski definition) is 12. The van der Waals surface area contributed by atoms with Crippen LogP contribution >= 0.6 is 0 Å². The summed E-state index contributed by atoms with van der Waals surface area (Å²) in [5.41, 5.74) is 0. The molecule has 103 heavy (non-hydrogen) atoms. The summed E-state index contributed by atoms with van der Waals surface area (Å²) in [5, 5.41) is 121. The lowest BCUT2D eigenvalue weighted by Gasteiger charge is -2.48. The molecule has 0 aromatic rings. The first kappa shape index (κ1) is 93.4. The molecule has 0 saturated carbocycles. The SMILES string of the molecule is CC/C=C\C/C=C\C/C=C\C/C=C\C/C=C\C/C=C\C/C=C\C/C=C\C/C=C\CCCCCC(=O)NC(COC1OC(CO)C(OC2OC(CO)C(OC3OC(CO)C(O)C(O)C3O)C(O)C2O)C(O)C1O)C(O)/C=C/CCCCCCCCCCCCCCCCCCCCCCCCCCC. The number of aliphatic hydroxyl groups is 11. The van der Waals surface area contributed by atoms with Gasteiger partial charge in [0.1, 0.15) is 73.2 Å². The van der Waals surface area contributed by atoms with Crippen LogP contribution in [-0.4, -0.2) is 193 Å². The fourth-order valence-corrected chi connectivity index (χ4v) is 12.8. The Balaban J connectivity index is 1.41. The van der Waals surface area contributed by atoms with Crippen LogP contribution in [0.25, 0.3) is 0 Å². The molecule has 0 aliphatic carbocycles. The lowest BCUT2D eigenvalue weighted by Crippen LogP contribution is -2.66. The number of unbranched alkanes of at least 4 members (excludes halogenated alkanes) is 28. The molecule has 0 aromatic heterocycles. The predicted octanol–water partition coefficient (Wildman–Crippen LogP) is 13.5. The molecule has 17 atom stereocenters. The summed E-state index contributed by atoms with van der Waals surface area (Å²) in [7, 11) is 0. The van der Waals surface area contributed by atoms with E-state index < -0.39 is 124 Å². The second-order valence-corrected chi connectivity index (χ2v) is 28.1. The van der Waals surface area contributed by atoms with Crippen LogP contribution < -0.4 is 5.32 Å². The lowest BCUT2D eigenvalue weighted by atomic mass is 9.96. The minimum Gasteiger partial charge on any atom is -0.394 e. The van der Waals surface area contributed by atoms with E-state index in [1.54, 1.807) is 6.08 Å². The number of allylic oxidation sites excluding steroid dienone is 19. The molecular weight excluding hydrogens is 1310 g/mol. The highest BCUT2D eigenvalue weighted by molar-refractivity contribution is 5.76. The summed E-state index contributed by atoms with van der Waals surface area (Å²) in [4.78, 5) is 13.5. The van der Waals surface area contributed by atoms with Gasteiger partial charge in [-0.3, -0.25) is 4.79 Å². The molecule has 0 aromatic carbocycles. The Morgan fingerprint density at radius 3 is 1.05 bits per heavy atom. The van der Waals surface area contributed by atoms with Crippen LogP contribution in [0.3, 0.4) is 0 Å². The normalized spacial score (nSPS) is 26.7. The highest BCUT2D eigenvalue weighted by Crippen LogP contribution is 2.33. The van der Waals surface area contributed by atoms with E-state index in [-0.39, 0.29) is 18.9 Å². The van der Waals surface area contributed by atoms with Gasteiger partial charge in [0.15, 0.2) is 18.9 Å². The molecule has 17 unspecified atom stereocenters. The molecule has 3 rings (SSSR count). The fourth-order valence-electron chi connectivity index (χ4n) is 12.8. The topological polar surface area (TPSA) is 307 Å². The summed E-state index contributed by atoms with van der Waals surface area (Å²) in [6.45, 7) is 1.61. The van der Waals surface area contributed by atoms with Crippen molar-refractivity contribution in [2.24, 2.45) is 0 Å². The van der Waals surface area contributed by atoms with E-state index in [1.165, 1.54) is 141 Å². The molecule has 3 saturated heterocycles. The Morgan fingerprint density at radius 1 is 0.359 bits per heavy atom. The zero-order chi connectivity index (χ0) is 74.6. The van der Waals surface area contributed by atoms with Gasteiger partial charge >= 0.3 is 0 Å². The highest BCUT2D eigenvalue weighted by atomic mass is 16.8. The van der Waals surface area contributed by atoms with Crippen LogP contribution in [0.1, 0.15) is 271 Å². The monoisotopic (exact) mass is 1450 g/mol. The van der Waals surface area contributed by atoms with Gasteiger partial charge in [-0.25, -0.2) is 0 Å².